The van der Waals surface area contributed by atoms with Crippen molar-refractivity contribution in [3.63, 3.8) is 0 Å². The third-order valence-electron chi connectivity index (χ3n) is 3.61. The van der Waals surface area contributed by atoms with E-state index in [1.165, 1.54) is 6.07 Å². The predicted molar refractivity (Wildman–Crippen MR) is 83.2 cm³/mol. The van der Waals surface area contributed by atoms with Crippen LogP contribution < -0.4 is 0 Å². The summed E-state index contributed by atoms with van der Waals surface area (Å²) in [5.41, 5.74) is 1.40. The van der Waals surface area contributed by atoms with Crippen LogP contribution >= 0.6 is 11.6 Å². The molecular weight excluding hydrogens is 343 g/mol. The van der Waals surface area contributed by atoms with Crippen molar-refractivity contribution < 1.29 is 17.6 Å². The first-order valence-corrected chi connectivity index (χ1v) is 7.44. The van der Waals surface area contributed by atoms with E-state index in [4.69, 9.17) is 22.6 Å². The minimum atomic E-state index is -4.52. The molecule has 0 fully saturated rings. The molecule has 124 valence electrons. The Morgan fingerprint density at radius 3 is 2.62 bits per heavy atom. The molecule has 2 aromatic heterocycles. The first-order chi connectivity index (χ1) is 11.3. The third-order valence-corrected chi connectivity index (χ3v) is 3.98. The number of imidazole rings is 1. The van der Waals surface area contributed by atoms with Crippen LogP contribution in [-0.2, 0) is 19.1 Å². The van der Waals surface area contributed by atoms with E-state index in [-0.39, 0.29) is 23.0 Å². The fourth-order valence-corrected chi connectivity index (χ4v) is 2.74. The summed E-state index contributed by atoms with van der Waals surface area (Å²) in [6.07, 6.45) is -3.96. The van der Waals surface area contributed by atoms with Crippen LogP contribution in [0.1, 0.15) is 24.3 Å². The predicted octanol–water partition coefficient (Wildman–Crippen LogP) is 5.46. The maximum Gasteiger partial charge on any atom is 0.449 e. The first kappa shape index (κ1) is 16.4. The van der Waals surface area contributed by atoms with Crippen LogP contribution in [0.2, 0.25) is 5.02 Å². The zero-order valence-corrected chi connectivity index (χ0v) is 13.2. The molecule has 3 aromatic rings. The quantitative estimate of drug-likeness (QED) is 0.586. The van der Waals surface area contributed by atoms with Crippen LogP contribution in [0.15, 0.2) is 28.7 Å². The van der Waals surface area contributed by atoms with E-state index in [0.29, 0.717) is 23.3 Å². The number of fused-ring (bicyclic) bond motifs is 1. The van der Waals surface area contributed by atoms with Crippen molar-refractivity contribution in [2.24, 2.45) is 0 Å². The second kappa shape index (κ2) is 5.87. The lowest BCUT2D eigenvalue weighted by molar-refractivity contribution is -0.153. The van der Waals surface area contributed by atoms with Crippen LogP contribution in [0.5, 0.6) is 0 Å². The molecule has 0 atom stereocenters. The van der Waals surface area contributed by atoms with Gasteiger partial charge in [0.25, 0.3) is 0 Å². The Balaban J connectivity index is 2.07. The monoisotopic (exact) mass is 353 g/mol. The highest BCUT2D eigenvalue weighted by Crippen LogP contribution is 2.34. The summed E-state index contributed by atoms with van der Waals surface area (Å²) in [5.74, 6) is -0.214. The maximum atomic E-state index is 12.7. The van der Waals surface area contributed by atoms with Gasteiger partial charge in [-0.05, 0) is 18.2 Å². The van der Waals surface area contributed by atoms with Crippen LogP contribution in [0.25, 0.3) is 15.9 Å². The van der Waals surface area contributed by atoms with Crippen molar-refractivity contribution in [1.29, 1.82) is 0 Å². The lowest BCUT2D eigenvalue weighted by atomic mass is 10.2. The van der Waals surface area contributed by atoms with Gasteiger partial charge in [-0.3, -0.25) is 0 Å². The average molecular weight is 354 g/mol. The molecule has 0 radical (unpaired) electrons. The number of halogens is 4. The Hall–Kier alpha value is -2.46. The zero-order valence-electron chi connectivity index (χ0n) is 12.5. The van der Waals surface area contributed by atoms with Crippen molar-refractivity contribution in [3.8, 4) is 0 Å². The lowest BCUT2D eigenvalue weighted by Crippen LogP contribution is -2.05. The minimum Gasteiger partial charge on any atom is -0.455 e. The van der Waals surface area contributed by atoms with Crippen LogP contribution in [0.3, 0.4) is 0 Å². The Bertz CT molecular complexity index is 950. The molecule has 3 rings (SSSR count). The molecule has 0 aliphatic carbocycles. The van der Waals surface area contributed by atoms with Gasteiger partial charge in [-0.1, -0.05) is 24.6 Å². The van der Waals surface area contributed by atoms with Gasteiger partial charge in [0.05, 0.1) is 29.2 Å². The molecule has 0 aliphatic rings. The fraction of sp³-hybridized carbons (Fsp3) is 0.250. The van der Waals surface area contributed by atoms with E-state index in [0.717, 1.165) is 6.07 Å². The number of hydrogen-bond acceptors (Lipinski definition) is 2. The first-order valence-electron chi connectivity index (χ1n) is 7.06. The minimum absolute atomic E-state index is 0.101. The van der Waals surface area contributed by atoms with Gasteiger partial charge in [0.15, 0.2) is 0 Å². The molecule has 0 spiro atoms. The van der Waals surface area contributed by atoms with Crippen molar-refractivity contribution in [2.45, 2.75) is 26.1 Å². The Kier molecular flexibility index (Phi) is 4.01. The highest BCUT2D eigenvalue weighted by atomic mass is 35.5. The largest absolute Gasteiger partial charge is 0.455 e. The van der Waals surface area contributed by atoms with Crippen molar-refractivity contribution in [3.05, 3.63) is 58.1 Å². The second-order valence-electron chi connectivity index (χ2n) is 5.11. The Morgan fingerprint density at radius 1 is 1.29 bits per heavy atom. The van der Waals surface area contributed by atoms with Gasteiger partial charge in [0.2, 0.25) is 11.4 Å². The van der Waals surface area contributed by atoms with Crippen molar-refractivity contribution in [1.82, 2.24) is 9.55 Å². The molecule has 0 saturated carbocycles. The Morgan fingerprint density at radius 2 is 2.04 bits per heavy atom. The summed E-state index contributed by atoms with van der Waals surface area (Å²) in [4.78, 5) is 7.74. The molecule has 0 bridgehead atoms. The lowest BCUT2D eigenvalue weighted by Gasteiger charge is -2.07. The van der Waals surface area contributed by atoms with Crippen LogP contribution in [-0.4, -0.2) is 9.55 Å². The molecule has 0 saturated heterocycles. The third kappa shape index (κ3) is 2.74. The second-order valence-corrected chi connectivity index (χ2v) is 5.49. The number of hydrogen-bond donors (Lipinski definition) is 0. The van der Waals surface area contributed by atoms with Gasteiger partial charge in [-0.15, -0.1) is 0 Å². The standard InChI is InChI=1S/C16H11ClF3N3O/c1-3-13-22-15-11(6-5-10(21-2)14(15)17)23(13)8-9-4-7-12(24-9)16(18,19)20/h4-7H,3,8H2,1H3. The molecule has 0 amide bonds. The number of aromatic nitrogens is 2. The number of benzene rings is 1. The van der Waals surface area contributed by atoms with Crippen LogP contribution in [0.4, 0.5) is 18.9 Å². The molecule has 0 unspecified atom stereocenters. The SMILES string of the molecule is [C-]#[N+]c1ccc2c(nc(CC)n2Cc2ccc(C(F)(F)F)o2)c1Cl. The van der Waals surface area contributed by atoms with Gasteiger partial charge in [0.1, 0.15) is 11.6 Å². The summed E-state index contributed by atoms with van der Waals surface area (Å²) in [6, 6.07) is 5.46. The Labute approximate surface area is 140 Å². The van der Waals surface area contributed by atoms with Gasteiger partial charge in [0, 0.05) is 6.42 Å². The number of furan rings is 1. The molecule has 2 heterocycles. The topological polar surface area (TPSA) is 35.3 Å². The maximum absolute atomic E-state index is 12.7. The smallest absolute Gasteiger partial charge is 0.449 e. The number of alkyl halides is 3. The normalized spacial score (nSPS) is 11.8. The molecule has 0 N–H and O–H groups in total. The van der Waals surface area contributed by atoms with Gasteiger partial charge in [-0.25, -0.2) is 9.83 Å². The van der Waals surface area contributed by atoms with Crippen molar-refractivity contribution >= 4 is 28.3 Å². The molecular formula is C16H11ClF3N3O. The van der Waals surface area contributed by atoms with Crippen LogP contribution in [0, 0.1) is 6.57 Å². The van der Waals surface area contributed by atoms with E-state index in [1.807, 2.05) is 6.92 Å². The van der Waals surface area contributed by atoms with E-state index in [1.54, 1.807) is 16.7 Å². The number of aryl methyl sites for hydroxylation is 1. The van der Waals surface area contributed by atoms with Crippen molar-refractivity contribution in [2.75, 3.05) is 0 Å². The summed E-state index contributed by atoms with van der Waals surface area (Å²) in [7, 11) is 0. The molecule has 24 heavy (non-hydrogen) atoms. The molecule has 4 nitrogen and oxygen atoms in total. The number of nitrogens with zero attached hydrogens (tertiary/aromatic N) is 3. The highest BCUT2D eigenvalue weighted by Gasteiger charge is 2.34. The molecule has 1 aromatic carbocycles. The summed E-state index contributed by atoms with van der Waals surface area (Å²) >= 11 is 6.19. The van der Waals surface area contributed by atoms with E-state index < -0.39 is 11.9 Å². The number of rotatable bonds is 3. The van der Waals surface area contributed by atoms with Gasteiger partial charge >= 0.3 is 6.18 Å². The van der Waals surface area contributed by atoms with Gasteiger partial charge in [-0.2, -0.15) is 13.2 Å². The highest BCUT2D eigenvalue weighted by molar-refractivity contribution is 6.37. The average Bonchev–Trinajstić information content (AvgIpc) is 3.13. The van der Waals surface area contributed by atoms with E-state index >= 15 is 0 Å². The van der Waals surface area contributed by atoms with E-state index in [9.17, 15) is 13.2 Å². The summed E-state index contributed by atoms with van der Waals surface area (Å²) in [5, 5.41) is 0.242. The fourth-order valence-electron chi connectivity index (χ4n) is 2.50. The van der Waals surface area contributed by atoms with Gasteiger partial charge < -0.3 is 8.98 Å². The molecule has 8 heteroatoms. The summed E-state index contributed by atoms with van der Waals surface area (Å²) in [6.45, 7) is 9.07. The summed E-state index contributed by atoms with van der Waals surface area (Å²) < 4.78 is 44.6. The van der Waals surface area contributed by atoms with E-state index in [2.05, 4.69) is 9.83 Å². The zero-order chi connectivity index (χ0) is 17.5. The molecule has 0 aliphatic heterocycles.